The molecule has 0 fully saturated rings. The van der Waals surface area contributed by atoms with Gasteiger partial charge in [-0.15, -0.1) is 0 Å². The molecule has 5 heteroatoms. The average molecular weight is 236 g/mol. The molecule has 0 radical (unpaired) electrons. The minimum atomic E-state index is -1.01. The van der Waals surface area contributed by atoms with Crippen molar-refractivity contribution >= 4 is 11.9 Å². The molecule has 1 rings (SSSR count). The molecule has 2 N–H and O–H groups in total. The molecule has 0 spiro atoms. The summed E-state index contributed by atoms with van der Waals surface area (Å²) in [5.41, 5.74) is 1.15. The number of amides is 1. The van der Waals surface area contributed by atoms with Gasteiger partial charge in [0.25, 0.3) is 5.91 Å². The van der Waals surface area contributed by atoms with Crippen molar-refractivity contribution in [2.45, 2.75) is 32.7 Å². The molecule has 0 aliphatic rings. The molecular weight excluding hydrogens is 220 g/mol. The van der Waals surface area contributed by atoms with E-state index in [-0.39, 0.29) is 5.91 Å². The van der Waals surface area contributed by atoms with E-state index in [4.69, 9.17) is 5.11 Å². The van der Waals surface area contributed by atoms with Crippen LogP contribution in [0.25, 0.3) is 0 Å². The number of carbonyl (C=O) groups excluding carboxylic acids is 1. The third kappa shape index (κ3) is 3.86. The molecule has 5 nitrogen and oxygen atoms in total. The van der Waals surface area contributed by atoms with Crippen molar-refractivity contribution in [3.8, 4) is 0 Å². The van der Waals surface area contributed by atoms with E-state index in [1.807, 2.05) is 6.92 Å². The predicted molar refractivity (Wildman–Crippen MR) is 62.8 cm³/mol. The normalized spacial score (nSPS) is 11.9. The number of hydrogen-bond acceptors (Lipinski definition) is 3. The Balaban J connectivity index is 2.73. The van der Waals surface area contributed by atoms with Crippen molar-refractivity contribution in [1.29, 1.82) is 0 Å². The first-order valence-electron chi connectivity index (χ1n) is 5.51. The molecule has 17 heavy (non-hydrogen) atoms. The van der Waals surface area contributed by atoms with Gasteiger partial charge < -0.3 is 10.4 Å². The van der Waals surface area contributed by atoms with Gasteiger partial charge >= 0.3 is 5.97 Å². The third-order valence-corrected chi connectivity index (χ3v) is 2.34. The van der Waals surface area contributed by atoms with E-state index >= 15 is 0 Å². The van der Waals surface area contributed by atoms with E-state index < -0.39 is 12.0 Å². The molecule has 1 aromatic rings. The first kappa shape index (κ1) is 13.2. The lowest BCUT2D eigenvalue weighted by molar-refractivity contribution is -0.139. The van der Waals surface area contributed by atoms with E-state index in [1.54, 1.807) is 19.1 Å². The highest BCUT2D eigenvalue weighted by molar-refractivity contribution is 5.96. The Morgan fingerprint density at radius 3 is 2.76 bits per heavy atom. The van der Waals surface area contributed by atoms with Crippen LogP contribution < -0.4 is 5.32 Å². The van der Waals surface area contributed by atoms with Crippen LogP contribution in [0.15, 0.2) is 18.3 Å². The van der Waals surface area contributed by atoms with Gasteiger partial charge in [0, 0.05) is 17.5 Å². The highest BCUT2D eigenvalue weighted by Crippen LogP contribution is 2.03. The fourth-order valence-corrected chi connectivity index (χ4v) is 1.47. The van der Waals surface area contributed by atoms with E-state index in [0.29, 0.717) is 18.4 Å². The van der Waals surface area contributed by atoms with Gasteiger partial charge in [-0.25, -0.2) is 4.79 Å². The molecule has 0 aromatic carbocycles. The molecule has 92 valence electrons. The SMILES string of the molecule is CCC[C@@H](NC(=O)c1ccnc(C)c1)C(=O)O. The summed E-state index contributed by atoms with van der Waals surface area (Å²) in [6, 6.07) is 2.36. The summed E-state index contributed by atoms with van der Waals surface area (Å²) in [4.78, 5) is 26.7. The second-order valence-electron chi connectivity index (χ2n) is 3.84. The highest BCUT2D eigenvalue weighted by Gasteiger charge is 2.19. The lowest BCUT2D eigenvalue weighted by Gasteiger charge is -2.13. The summed E-state index contributed by atoms with van der Waals surface area (Å²) in [5.74, 6) is -1.39. The number of carboxylic acids is 1. The van der Waals surface area contributed by atoms with E-state index in [0.717, 1.165) is 5.69 Å². The Bertz CT molecular complexity index is 418. The van der Waals surface area contributed by atoms with Gasteiger partial charge in [-0.2, -0.15) is 0 Å². The van der Waals surface area contributed by atoms with Crippen LogP contribution >= 0.6 is 0 Å². The van der Waals surface area contributed by atoms with Crippen LogP contribution in [-0.2, 0) is 4.79 Å². The number of hydrogen-bond donors (Lipinski definition) is 2. The molecular formula is C12H16N2O3. The van der Waals surface area contributed by atoms with Gasteiger partial charge in [0.1, 0.15) is 6.04 Å². The van der Waals surface area contributed by atoms with E-state index in [2.05, 4.69) is 10.3 Å². The summed E-state index contributed by atoms with van der Waals surface area (Å²) < 4.78 is 0. The zero-order valence-corrected chi connectivity index (χ0v) is 9.93. The van der Waals surface area contributed by atoms with Crippen LogP contribution in [0.3, 0.4) is 0 Å². The van der Waals surface area contributed by atoms with Crippen molar-refractivity contribution in [3.63, 3.8) is 0 Å². The lowest BCUT2D eigenvalue weighted by Crippen LogP contribution is -2.40. The van der Waals surface area contributed by atoms with Crippen LogP contribution in [0.5, 0.6) is 0 Å². The molecule has 0 aliphatic heterocycles. The fraction of sp³-hybridized carbons (Fsp3) is 0.417. The third-order valence-electron chi connectivity index (χ3n) is 2.34. The number of carboxylic acid groups (broad SMARTS) is 1. The minimum absolute atomic E-state index is 0.378. The van der Waals surface area contributed by atoms with Crippen LogP contribution in [-0.4, -0.2) is 28.0 Å². The van der Waals surface area contributed by atoms with Gasteiger partial charge in [-0.1, -0.05) is 13.3 Å². The van der Waals surface area contributed by atoms with Crippen LogP contribution in [0.4, 0.5) is 0 Å². The maximum absolute atomic E-state index is 11.8. The molecule has 1 atom stereocenters. The first-order chi connectivity index (χ1) is 8.04. The number of carbonyl (C=O) groups is 2. The van der Waals surface area contributed by atoms with Crippen LogP contribution in [0.2, 0.25) is 0 Å². The average Bonchev–Trinajstić information content (AvgIpc) is 2.28. The number of aromatic nitrogens is 1. The minimum Gasteiger partial charge on any atom is -0.480 e. The summed E-state index contributed by atoms with van der Waals surface area (Å²) >= 11 is 0. The molecule has 1 heterocycles. The van der Waals surface area contributed by atoms with Crippen molar-refractivity contribution in [2.75, 3.05) is 0 Å². The van der Waals surface area contributed by atoms with Crippen molar-refractivity contribution in [3.05, 3.63) is 29.6 Å². The monoisotopic (exact) mass is 236 g/mol. The number of rotatable bonds is 5. The number of aliphatic carboxylic acids is 1. The first-order valence-corrected chi connectivity index (χ1v) is 5.51. The molecule has 0 unspecified atom stereocenters. The van der Waals surface area contributed by atoms with Gasteiger partial charge in [0.05, 0.1) is 0 Å². The van der Waals surface area contributed by atoms with Crippen molar-refractivity contribution in [1.82, 2.24) is 10.3 Å². The number of nitrogens with one attached hydrogen (secondary N) is 1. The van der Waals surface area contributed by atoms with Gasteiger partial charge in [-0.3, -0.25) is 9.78 Å². The van der Waals surface area contributed by atoms with Gasteiger partial charge in [-0.05, 0) is 25.5 Å². The second-order valence-corrected chi connectivity index (χ2v) is 3.84. The van der Waals surface area contributed by atoms with Gasteiger partial charge in [0.2, 0.25) is 0 Å². The Labute approximate surface area is 99.9 Å². The Morgan fingerprint density at radius 1 is 1.53 bits per heavy atom. The van der Waals surface area contributed by atoms with E-state index in [1.165, 1.54) is 6.20 Å². The lowest BCUT2D eigenvalue weighted by atomic mass is 10.1. The van der Waals surface area contributed by atoms with Crippen LogP contribution in [0, 0.1) is 6.92 Å². The maximum atomic E-state index is 11.8. The molecule has 1 amide bonds. The Kier molecular flexibility index (Phi) is 4.63. The fourth-order valence-electron chi connectivity index (χ4n) is 1.47. The zero-order valence-electron chi connectivity index (χ0n) is 9.93. The Hall–Kier alpha value is -1.91. The summed E-state index contributed by atoms with van der Waals surface area (Å²) in [5, 5.41) is 11.4. The molecule has 0 aliphatic carbocycles. The smallest absolute Gasteiger partial charge is 0.326 e. The molecule has 0 saturated carbocycles. The zero-order chi connectivity index (χ0) is 12.8. The highest BCUT2D eigenvalue weighted by atomic mass is 16.4. The van der Waals surface area contributed by atoms with E-state index in [9.17, 15) is 9.59 Å². The largest absolute Gasteiger partial charge is 0.480 e. The summed E-state index contributed by atoms with van der Waals surface area (Å²) in [6.45, 7) is 3.65. The van der Waals surface area contributed by atoms with Gasteiger partial charge in [0.15, 0.2) is 0 Å². The summed E-state index contributed by atoms with van der Waals surface area (Å²) in [7, 11) is 0. The maximum Gasteiger partial charge on any atom is 0.326 e. The second kappa shape index (κ2) is 5.98. The summed E-state index contributed by atoms with van der Waals surface area (Å²) in [6.07, 6.45) is 2.65. The number of aryl methyl sites for hydroxylation is 1. The Morgan fingerprint density at radius 2 is 2.24 bits per heavy atom. The quantitative estimate of drug-likeness (QED) is 0.809. The molecule has 0 saturated heterocycles. The number of nitrogens with zero attached hydrogens (tertiary/aromatic N) is 1. The molecule has 0 bridgehead atoms. The van der Waals surface area contributed by atoms with Crippen LogP contribution in [0.1, 0.15) is 35.8 Å². The van der Waals surface area contributed by atoms with Crippen molar-refractivity contribution < 1.29 is 14.7 Å². The number of pyridine rings is 1. The van der Waals surface area contributed by atoms with Crippen molar-refractivity contribution in [2.24, 2.45) is 0 Å². The molecule has 1 aromatic heterocycles. The predicted octanol–water partition coefficient (Wildman–Crippen LogP) is 1.37. The standard InChI is InChI=1S/C12H16N2O3/c1-3-4-10(12(16)17)14-11(15)9-5-6-13-8(2)7-9/h5-7,10H,3-4H2,1-2H3,(H,14,15)(H,16,17)/t10-/m1/s1. The topological polar surface area (TPSA) is 79.3 Å².